The van der Waals surface area contributed by atoms with E-state index >= 15 is 0 Å². The Balaban J connectivity index is 1.58. The molecule has 1 aliphatic carbocycles. The number of nitrogens with one attached hydrogen (secondary N) is 2. The Bertz CT molecular complexity index is 628. The van der Waals surface area contributed by atoms with Gasteiger partial charge >= 0.3 is 0 Å². The van der Waals surface area contributed by atoms with Crippen LogP contribution in [0.5, 0.6) is 5.75 Å². The second-order valence-electron chi connectivity index (χ2n) is 5.13. The van der Waals surface area contributed by atoms with Crippen LogP contribution in [-0.4, -0.2) is 16.7 Å². The molecule has 116 valence electrons. The van der Waals surface area contributed by atoms with Crippen LogP contribution in [0.1, 0.15) is 30.3 Å². The van der Waals surface area contributed by atoms with E-state index in [1.54, 1.807) is 11.3 Å². The highest BCUT2D eigenvalue weighted by Crippen LogP contribution is 2.29. The third kappa shape index (κ3) is 3.75. The highest BCUT2D eigenvalue weighted by atomic mass is 32.1. The first-order chi connectivity index (χ1) is 10.7. The zero-order valence-electron chi connectivity index (χ0n) is 12.5. The molecule has 22 heavy (non-hydrogen) atoms. The number of ether oxygens (including phenoxy) is 1. The second kappa shape index (κ2) is 7.07. The van der Waals surface area contributed by atoms with Crippen molar-refractivity contribution in [3.63, 3.8) is 0 Å². The molecule has 4 nitrogen and oxygen atoms in total. The van der Waals surface area contributed by atoms with Crippen LogP contribution >= 0.6 is 23.6 Å². The first-order valence-electron chi connectivity index (χ1n) is 7.54. The monoisotopic (exact) mass is 333 g/mol. The van der Waals surface area contributed by atoms with Crippen molar-refractivity contribution >= 4 is 39.5 Å². The fourth-order valence-corrected chi connectivity index (χ4v) is 3.80. The normalized spacial score (nSPS) is 13.3. The van der Waals surface area contributed by atoms with Crippen LogP contribution in [0.4, 0.5) is 10.8 Å². The molecule has 2 aromatic rings. The van der Waals surface area contributed by atoms with Gasteiger partial charge in [0.05, 0.1) is 12.3 Å². The minimum Gasteiger partial charge on any atom is -0.494 e. The number of fused-ring (bicyclic) bond motifs is 1. The average Bonchev–Trinajstić information content (AvgIpc) is 2.91. The Labute approximate surface area is 139 Å². The maximum atomic E-state index is 5.42. The molecule has 0 spiro atoms. The topological polar surface area (TPSA) is 46.2 Å². The molecule has 0 saturated heterocycles. The Morgan fingerprint density at radius 2 is 2.00 bits per heavy atom. The van der Waals surface area contributed by atoms with E-state index in [1.807, 2.05) is 31.2 Å². The lowest BCUT2D eigenvalue weighted by atomic mass is 10.0. The summed E-state index contributed by atoms with van der Waals surface area (Å²) in [5.74, 6) is 0.861. The molecule has 0 unspecified atom stereocenters. The van der Waals surface area contributed by atoms with Crippen LogP contribution in [0.25, 0.3) is 0 Å². The molecule has 6 heteroatoms. The van der Waals surface area contributed by atoms with Gasteiger partial charge in [-0.15, -0.1) is 11.3 Å². The van der Waals surface area contributed by atoms with Gasteiger partial charge in [0.25, 0.3) is 0 Å². The fourth-order valence-electron chi connectivity index (χ4n) is 2.47. The molecule has 1 heterocycles. The Hall–Kier alpha value is -1.66. The number of benzene rings is 1. The van der Waals surface area contributed by atoms with E-state index < -0.39 is 0 Å². The molecule has 0 fully saturated rings. The molecule has 1 aromatic carbocycles. The minimum atomic E-state index is 0.565. The summed E-state index contributed by atoms with van der Waals surface area (Å²) in [6.07, 6.45) is 4.74. The Morgan fingerprint density at radius 3 is 2.73 bits per heavy atom. The third-order valence-corrected chi connectivity index (χ3v) is 4.77. The summed E-state index contributed by atoms with van der Waals surface area (Å²) in [4.78, 5) is 6.03. The largest absolute Gasteiger partial charge is 0.494 e. The van der Waals surface area contributed by atoms with E-state index in [4.69, 9.17) is 17.0 Å². The molecule has 1 aromatic heterocycles. The molecule has 0 atom stereocenters. The highest BCUT2D eigenvalue weighted by molar-refractivity contribution is 7.80. The Kier molecular flexibility index (Phi) is 4.90. The van der Waals surface area contributed by atoms with Crippen LogP contribution in [0.3, 0.4) is 0 Å². The maximum Gasteiger partial charge on any atom is 0.189 e. The summed E-state index contributed by atoms with van der Waals surface area (Å²) >= 11 is 7.07. The van der Waals surface area contributed by atoms with Gasteiger partial charge in [0, 0.05) is 10.6 Å². The van der Waals surface area contributed by atoms with Crippen molar-refractivity contribution in [2.75, 3.05) is 17.2 Å². The smallest absolute Gasteiger partial charge is 0.189 e. The number of thiocarbonyl (C=S) groups is 1. The number of anilines is 2. The van der Waals surface area contributed by atoms with Gasteiger partial charge in [0.2, 0.25) is 0 Å². The number of nitrogens with zero attached hydrogens (tertiary/aromatic N) is 1. The molecule has 0 radical (unpaired) electrons. The number of hydrogen-bond donors (Lipinski definition) is 2. The third-order valence-electron chi connectivity index (χ3n) is 3.49. The van der Waals surface area contributed by atoms with Gasteiger partial charge in [-0.05, 0) is 69.1 Å². The molecule has 0 saturated carbocycles. The van der Waals surface area contributed by atoms with Crippen LogP contribution < -0.4 is 15.4 Å². The zero-order chi connectivity index (χ0) is 15.4. The predicted molar refractivity (Wildman–Crippen MR) is 96.2 cm³/mol. The van der Waals surface area contributed by atoms with Crippen molar-refractivity contribution in [2.45, 2.75) is 32.6 Å². The summed E-state index contributed by atoms with van der Waals surface area (Å²) in [7, 11) is 0. The van der Waals surface area contributed by atoms with Crippen LogP contribution in [-0.2, 0) is 12.8 Å². The lowest BCUT2D eigenvalue weighted by molar-refractivity contribution is 0.340. The van der Waals surface area contributed by atoms with E-state index in [0.717, 1.165) is 29.4 Å². The summed E-state index contributed by atoms with van der Waals surface area (Å²) in [5, 5.41) is 7.81. The van der Waals surface area contributed by atoms with Crippen LogP contribution in [0, 0.1) is 0 Å². The van der Waals surface area contributed by atoms with Crippen molar-refractivity contribution in [1.29, 1.82) is 0 Å². The quantitative estimate of drug-likeness (QED) is 0.820. The molecule has 2 N–H and O–H groups in total. The van der Waals surface area contributed by atoms with Gasteiger partial charge in [-0.1, -0.05) is 0 Å². The van der Waals surface area contributed by atoms with Crippen molar-refractivity contribution in [2.24, 2.45) is 0 Å². The zero-order valence-corrected chi connectivity index (χ0v) is 14.1. The molecular formula is C16H19N3OS2. The summed E-state index contributed by atoms with van der Waals surface area (Å²) in [6.45, 7) is 2.64. The van der Waals surface area contributed by atoms with Crippen molar-refractivity contribution in [1.82, 2.24) is 4.98 Å². The first-order valence-corrected chi connectivity index (χ1v) is 8.76. The number of thiazole rings is 1. The molecule has 0 bridgehead atoms. The van der Waals surface area contributed by atoms with Gasteiger partial charge in [0.15, 0.2) is 10.2 Å². The van der Waals surface area contributed by atoms with Gasteiger partial charge < -0.3 is 15.4 Å². The van der Waals surface area contributed by atoms with E-state index in [1.165, 1.54) is 23.4 Å². The maximum absolute atomic E-state index is 5.42. The summed E-state index contributed by atoms with van der Waals surface area (Å²) in [5.41, 5.74) is 2.17. The second-order valence-corrected chi connectivity index (χ2v) is 6.62. The van der Waals surface area contributed by atoms with Gasteiger partial charge in [-0.2, -0.15) is 0 Å². The summed E-state index contributed by atoms with van der Waals surface area (Å²) in [6, 6.07) is 7.75. The van der Waals surface area contributed by atoms with Gasteiger partial charge in [-0.25, -0.2) is 4.98 Å². The van der Waals surface area contributed by atoms with Crippen molar-refractivity contribution in [3.8, 4) is 5.75 Å². The van der Waals surface area contributed by atoms with E-state index in [-0.39, 0.29) is 0 Å². The number of aromatic nitrogens is 1. The van der Waals surface area contributed by atoms with Gasteiger partial charge in [-0.3, -0.25) is 0 Å². The van der Waals surface area contributed by atoms with E-state index in [2.05, 4.69) is 15.6 Å². The lowest BCUT2D eigenvalue weighted by Crippen LogP contribution is -2.18. The van der Waals surface area contributed by atoms with E-state index in [9.17, 15) is 0 Å². The molecule has 1 aliphatic rings. The van der Waals surface area contributed by atoms with E-state index in [0.29, 0.717) is 11.7 Å². The van der Waals surface area contributed by atoms with Gasteiger partial charge in [0.1, 0.15) is 5.75 Å². The standard InChI is InChI=1S/C16H19N3OS2/c1-2-20-12-9-7-11(8-10-12)17-15(21)19-16-18-13-5-3-4-6-14(13)22-16/h7-10H,2-6H2,1H3,(H2,17,18,19,21). The average molecular weight is 333 g/mol. The fraction of sp³-hybridized carbons (Fsp3) is 0.375. The number of aryl methyl sites for hydroxylation is 2. The lowest BCUT2D eigenvalue weighted by Gasteiger charge is -2.09. The molecule has 0 aliphatic heterocycles. The van der Waals surface area contributed by atoms with Crippen LogP contribution in [0.2, 0.25) is 0 Å². The predicted octanol–water partition coefficient (Wildman–Crippen LogP) is 4.23. The van der Waals surface area contributed by atoms with Crippen molar-refractivity contribution in [3.05, 3.63) is 34.8 Å². The molecule has 3 rings (SSSR count). The highest BCUT2D eigenvalue weighted by Gasteiger charge is 2.15. The molecular weight excluding hydrogens is 314 g/mol. The SMILES string of the molecule is CCOc1ccc(NC(=S)Nc2nc3c(s2)CCCC3)cc1. The minimum absolute atomic E-state index is 0.565. The molecule has 0 amide bonds. The van der Waals surface area contributed by atoms with Crippen LogP contribution in [0.15, 0.2) is 24.3 Å². The Morgan fingerprint density at radius 1 is 1.23 bits per heavy atom. The van der Waals surface area contributed by atoms with Crippen molar-refractivity contribution < 1.29 is 4.74 Å². The first kappa shape index (κ1) is 15.2. The summed E-state index contributed by atoms with van der Waals surface area (Å²) < 4.78 is 5.42. The number of hydrogen-bond acceptors (Lipinski definition) is 4. The number of rotatable bonds is 4.